The largest absolute Gasteiger partial charge is 0.444 e. The van der Waals surface area contributed by atoms with Gasteiger partial charge in [-0.1, -0.05) is 0 Å². The number of aliphatic hydroxyl groups excluding tert-OH is 1. The molecule has 1 heterocycles. The number of carbonyl (C=O) groups excluding carboxylic acids is 2. The highest BCUT2D eigenvalue weighted by Gasteiger charge is 2.44. The summed E-state index contributed by atoms with van der Waals surface area (Å²) < 4.78 is 18.3. The molecule has 0 radical (unpaired) electrons. The first-order valence-corrected chi connectivity index (χ1v) is 7.81. The number of carbonyl (C=O) groups is 2. The maximum absolute atomic E-state index is 13.0. The number of rotatable bonds is 2. The van der Waals surface area contributed by atoms with Gasteiger partial charge in [-0.25, -0.2) is 9.18 Å². The standard InChI is InChI=1S/C17H23FN2O4/c1-17(2,3)24-16(23)20-10-9-13(21)14(20)15(22)19(4)12-7-5-11(18)6-8-12/h5-8,13-14,21H,9-10H2,1-4H3/t13-,14-/m0/s1. The fourth-order valence-electron chi connectivity index (χ4n) is 2.59. The van der Waals surface area contributed by atoms with Crippen LogP contribution in [0.2, 0.25) is 0 Å². The summed E-state index contributed by atoms with van der Waals surface area (Å²) >= 11 is 0. The molecular formula is C17H23FN2O4. The van der Waals surface area contributed by atoms with E-state index in [4.69, 9.17) is 4.74 Å². The minimum absolute atomic E-state index is 0.240. The van der Waals surface area contributed by atoms with Gasteiger partial charge in [-0.3, -0.25) is 9.69 Å². The minimum atomic E-state index is -1.02. The van der Waals surface area contributed by atoms with E-state index >= 15 is 0 Å². The van der Waals surface area contributed by atoms with Crippen molar-refractivity contribution < 1.29 is 23.8 Å². The third kappa shape index (κ3) is 4.03. The monoisotopic (exact) mass is 338 g/mol. The van der Waals surface area contributed by atoms with Crippen LogP contribution in [0.4, 0.5) is 14.9 Å². The van der Waals surface area contributed by atoms with Crippen LogP contribution >= 0.6 is 0 Å². The van der Waals surface area contributed by atoms with Crippen LogP contribution in [0.5, 0.6) is 0 Å². The second-order valence-electron chi connectivity index (χ2n) is 6.85. The zero-order valence-electron chi connectivity index (χ0n) is 14.3. The van der Waals surface area contributed by atoms with E-state index in [1.165, 1.54) is 41.1 Å². The molecule has 7 heteroatoms. The van der Waals surface area contributed by atoms with Gasteiger partial charge < -0.3 is 14.7 Å². The van der Waals surface area contributed by atoms with Crippen LogP contribution in [0, 0.1) is 5.82 Å². The number of aliphatic hydroxyl groups is 1. The number of anilines is 1. The Kier molecular flexibility index (Phi) is 5.13. The molecule has 0 spiro atoms. The lowest BCUT2D eigenvalue weighted by molar-refractivity contribution is -0.125. The molecule has 6 nitrogen and oxygen atoms in total. The van der Waals surface area contributed by atoms with E-state index in [9.17, 15) is 19.1 Å². The lowest BCUT2D eigenvalue weighted by Gasteiger charge is -2.31. The summed E-state index contributed by atoms with van der Waals surface area (Å²) in [6.07, 6.45) is -1.30. The Balaban J connectivity index is 2.18. The van der Waals surface area contributed by atoms with E-state index in [-0.39, 0.29) is 6.54 Å². The summed E-state index contributed by atoms with van der Waals surface area (Å²) in [5, 5.41) is 10.2. The molecule has 1 aliphatic heterocycles. The van der Waals surface area contributed by atoms with Crippen molar-refractivity contribution in [3.8, 4) is 0 Å². The van der Waals surface area contributed by atoms with E-state index in [0.717, 1.165) is 0 Å². The number of hydrogen-bond acceptors (Lipinski definition) is 4. The second-order valence-corrected chi connectivity index (χ2v) is 6.85. The number of amides is 2. The van der Waals surface area contributed by atoms with E-state index in [0.29, 0.717) is 12.1 Å². The van der Waals surface area contributed by atoms with Gasteiger partial charge in [0.25, 0.3) is 5.91 Å². The number of likely N-dealkylation sites (tertiary alicyclic amines) is 1. The molecule has 2 amide bonds. The third-order valence-corrected chi connectivity index (χ3v) is 3.79. The van der Waals surface area contributed by atoms with Crippen LogP contribution < -0.4 is 4.90 Å². The molecule has 1 saturated heterocycles. The normalized spacial score (nSPS) is 20.8. The molecule has 1 fully saturated rings. The molecule has 1 aromatic rings. The molecule has 2 rings (SSSR count). The van der Waals surface area contributed by atoms with Crippen molar-refractivity contribution in [3.63, 3.8) is 0 Å². The third-order valence-electron chi connectivity index (χ3n) is 3.79. The Bertz CT molecular complexity index is 612. The number of halogens is 1. The van der Waals surface area contributed by atoms with Crippen molar-refractivity contribution in [2.24, 2.45) is 0 Å². The quantitative estimate of drug-likeness (QED) is 0.897. The van der Waals surface area contributed by atoms with Gasteiger partial charge in [0.2, 0.25) is 0 Å². The van der Waals surface area contributed by atoms with Crippen molar-refractivity contribution in [1.29, 1.82) is 0 Å². The zero-order valence-corrected chi connectivity index (χ0v) is 14.3. The Labute approximate surface area is 140 Å². The first-order chi connectivity index (χ1) is 11.1. The number of hydrogen-bond donors (Lipinski definition) is 1. The molecular weight excluding hydrogens is 315 g/mol. The lowest BCUT2D eigenvalue weighted by Crippen LogP contribution is -2.51. The fraction of sp³-hybridized carbons (Fsp3) is 0.529. The summed E-state index contributed by atoms with van der Waals surface area (Å²) in [7, 11) is 1.52. The highest BCUT2D eigenvalue weighted by molar-refractivity contribution is 5.99. The zero-order chi connectivity index (χ0) is 18.1. The summed E-state index contributed by atoms with van der Waals surface area (Å²) in [6, 6.07) is 4.40. The molecule has 0 bridgehead atoms. The summed E-state index contributed by atoms with van der Waals surface area (Å²) in [5.74, 6) is -0.853. The van der Waals surface area contributed by atoms with Gasteiger partial charge in [-0.2, -0.15) is 0 Å². The Morgan fingerprint density at radius 1 is 1.29 bits per heavy atom. The van der Waals surface area contributed by atoms with Crippen LogP contribution in [-0.4, -0.2) is 53.3 Å². The number of nitrogens with zero attached hydrogens (tertiary/aromatic N) is 2. The van der Waals surface area contributed by atoms with Crippen molar-refractivity contribution in [1.82, 2.24) is 4.90 Å². The molecule has 1 aliphatic rings. The Morgan fingerprint density at radius 3 is 2.42 bits per heavy atom. The van der Waals surface area contributed by atoms with Gasteiger partial charge in [0, 0.05) is 19.3 Å². The molecule has 0 unspecified atom stereocenters. The van der Waals surface area contributed by atoms with Crippen molar-refractivity contribution >= 4 is 17.7 Å². The Morgan fingerprint density at radius 2 is 1.88 bits per heavy atom. The van der Waals surface area contributed by atoms with Gasteiger partial charge in [-0.15, -0.1) is 0 Å². The van der Waals surface area contributed by atoms with E-state index in [1.807, 2.05) is 0 Å². The van der Waals surface area contributed by atoms with Crippen LogP contribution in [0.15, 0.2) is 24.3 Å². The van der Waals surface area contributed by atoms with Gasteiger partial charge in [0.05, 0.1) is 6.10 Å². The first-order valence-electron chi connectivity index (χ1n) is 7.81. The van der Waals surface area contributed by atoms with E-state index in [2.05, 4.69) is 0 Å². The number of likely N-dealkylation sites (N-methyl/N-ethyl adjacent to an activating group) is 1. The smallest absolute Gasteiger partial charge is 0.411 e. The SMILES string of the molecule is CN(C(=O)[C@@H]1[C@@H](O)CCN1C(=O)OC(C)(C)C)c1ccc(F)cc1. The van der Waals surface area contributed by atoms with Crippen molar-refractivity contribution in [2.45, 2.75) is 44.9 Å². The lowest BCUT2D eigenvalue weighted by atomic mass is 10.1. The number of ether oxygens (including phenoxy) is 1. The molecule has 2 atom stereocenters. The molecule has 24 heavy (non-hydrogen) atoms. The van der Waals surface area contributed by atoms with Gasteiger partial charge in [0.15, 0.2) is 0 Å². The van der Waals surface area contributed by atoms with Gasteiger partial charge >= 0.3 is 6.09 Å². The summed E-state index contributed by atoms with van der Waals surface area (Å²) in [5.41, 5.74) is -0.217. The van der Waals surface area contributed by atoms with Crippen LogP contribution in [0.25, 0.3) is 0 Å². The van der Waals surface area contributed by atoms with Crippen LogP contribution in [0.3, 0.4) is 0 Å². The maximum atomic E-state index is 13.0. The average Bonchev–Trinajstić information content (AvgIpc) is 2.86. The minimum Gasteiger partial charge on any atom is -0.444 e. The van der Waals surface area contributed by atoms with Crippen LogP contribution in [-0.2, 0) is 9.53 Å². The molecule has 0 aliphatic carbocycles. The molecule has 132 valence electrons. The predicted octanol–water partition coefficient (Wildman–Crippen LogP) is 2.16. The fourth-order valence-corrected chi connectivity index (χ4v) is 2.59. The highest BCUT2D eigenvalue weighted by atomic mass is 19.1. The van der Waals surface area contributed by atoms with Crippen molar-refractivity contribution in [2.75, 3.05) is 18.5 Å². The van der Waals surface area contributed by atoms with Crippen LogP contribution in [0.1, 0.15) is 27.2 Å². The van der Waals surface area contributed by atoms with E-state index in [1.54, 1.807) is 20.8 Å². The number of benzene rings is 1. The topological polar surface area (TPSA) is 70.1 Å². The molecule has 0 saturated carbocycles. The molecule has 1 N–H and O–H groups in total. The predicted molar refractivity (Wildman–Crippen MR) is 87.2 cm³/mol. The van der Waals surface area contributed by atoms with E-state index < -0.39 is 35.6 Å². The summed E-state index contributed by atoms with van der Waals surface area (Å²) in [4.78, 5) is 27.6. The van der Waals surface area contributed by atoms with Crippen molar-refractivity contribution in [3.05, 3.63) is 30.1 Å². The van der Waals surface area contributed by atoms with Gasteiger partial charge in [-0.05, 0) is 51.5 Å². The van der Waals surface area contributed by atoms with Gasteiger partial charge in [0.1, 0.15) is 17.5 Å². The average molecular weight is 338 g/mol. The molecule has 1 aromatic carbocycles. The highest BCUT2D eigenvalue weighted by Crippen LogP contribution is 2.25. The second kappa shape index (κ2) is 6.76. The Hall–Kier alpha value is -2.15. The molecule has 0 aromatic heterocycles. The first kappa shape index (κ1) is 18.2. The maximum Gasteiger partial charge on any atom is 0.411 e. The summed E-state index contributed by atoms with van der Waals surface area (Å²) in [6.45, 7) is 5.44.